The van der Waals surface area contributed by atoms with E-state index >= 15 is 0 Å². The Morgan fingerprint density at radius 1 is 1.02 bits per heavy atom. The first kappa shape index (κ1) is 34.7. The molecule has 0 spiro atoms. The van der Waals surface area contributed by atoms with Crippen molar-refractivity contribution >= 4 is 46.2 Å². The Labute approximate surface area is 270 Å². The van der Waals surface area contributed by atoms with E-state index in [1.165, 1.54) is 0 Å². The highest BCUT2D eigenvalue weighted by Crippen LogP contribution is 2.41. The van der Waals surface area contributed by atoms with Crippen LogP contribution >= 0.6 is 17.0 Å². The molecule has 0 unspecified atom stereocenters. The van der Waals surface area contributed by atoms with Crippen LogP contribution in [0.2, 0.25) is 0 Å². The van der Waals surface area contributed by atoms with Gasteiger partial charge in [0.25, 0.3) is 5.91 Å². The fourth-order valence-corrected chi connectivity index (χ4v) is 5.61. The number of carbonyl (C=O) groups excluding carboxylic acids is 3. The number of amides is 3. The van der Waals surface area contributed by atoms with Crippen LogP contribution in [0.25, 0.3) is 0 Å². The lowest BCUT2D eigenvalue weighted by molar-refractivity contribution is 0.0953. The van der Waals surface area contributed by atoms with Gasteiger partial charge < -0.3 is 34.8 Å². The Hall–Kier alpha value is -3.80. The van der Waals surface area contributed by atoms with E-state index in [-0.39, 0.29) is 52.5 Å². The maximum Gasteiger partial charge on any atom is 0.317 e. The highest BCUT2D eigenvalue weighted by Gasteiger charge is 2.32. The molecule has 0 saturated carbocycles. The Bertz CT molecular complexity index is 1410. The number of urea groups is 1. The van der Waals surface area contributed by atoms with Crippen LogP contribution in [0.4, 0.5) is 10.5 Å². The smallest absolute Gasteiger partial charge is 0.317 e. The van der Waals surface area contributed by atoms with Crippen molar-refractivity contribution < 1.29 is 23.9 Å². The third-order valence-electron chi connectivity index (χ3n) is 7.88. The number of benzene rings is 2. The number of Topliss-reactive ketones (excluding diaryl/α,β-unsaturated/α-hetero) is 1. The van der Waals surface area contributed by atoms with Gasteiger partial charge >= 0.3 is 6.03 Å². The molecule has 12 heteroatoms. The van der Waals surface area contributed by atoms with Crippen LogP contribution in [0.15, 0.2) is 24.3 Å². The summed E-state index contributed by atoms with van der Waals surface area (Å²) >= 11 is 0. The third-order valence-corrected chi connectivity index (χ3v) is 7.88. The number of fused-ring (bicyclic) bond motifs is 1. The van der Waals surface area contributed by atoms with Crippen molar-refractivity contribution in [2.45, 2.75) is 46.6 Å². The molecule has 1 fully saturated rings. The number of carbonyl (C=O) groups is 3. The van der Waals surface area contributed by atoms with Gasteiger partial charge in [0.15, 0.2) is 5.78 Å². The van der Waals surface area contributed by atoms with Crippen LogP contribution in [0, 0.1) is 5.41 Å². The van der Waals surface area contributed by atoms with Crippen molar-refractivity contribution in [3.63, 3.8) is 0 Å². The normalized spacial score (nSPS) is 14.5. The van der Waals surface area contributed by atoms with Gasteiger partial charge in [-0.3, -0.25) is 15.0 Å². The summed E-state index contributed by atoms with van der Waals surface area (Å²) in [6.45, 7) is 13.7. The molecule has 0 bridgehead atoms. The quantitative estimate of drug-likeness (QED) is 0.341. The molecule has 2 heterocycles. The number of ether oxygens (including phenoxy) is 2. The molecule has 0 aliphatic carbocycles. The summed E-state index contributed by atoms with van der Waals surface area (Å²) in [7, 11) is 3.20. The average molecular weight is 674 g/mol. The Morgan fingerprint density at radius 3 is 2.27 bits per heavy atom. The molecule has 2 aromatic carbocycles. The zero-order valence-electron chi connectivity index (χ0n) is 26.8. The minimum atomic E-state index is -0.304. The molecule has 3 N–H and O–H groups in total. The van der Waals surface area contributed by atoms with E-state index < -0.39 is 0 Å². The molecule has 44 heavy (non-hydrogen) atoms. The Morgan fingerprint density at radius 2 is 1.70 bits per heavy atom. The van der Waals surface area contributed by atoms with Gasteiger partial charge in [0.05, 0.1) is 31.5 Å². The van der Waals surface area contributed by atoms with Crippen LogP contribution in [-0.4, -0.2) is 93.4 Å². The molecule has 2 aliphatic rings. The van der Waals surface area contributed by atoms with Crippen LogP contribution in [0.1, 0.15) is 72.0 Å². The summed E-state index contributed by atoms with van der Waals surface area (Å²) < 4.78 is 11.6. The van der Waals surface area contributed by atoms with Crippen molar-refractivity contribution in [2.24, 2.45) is 0 Å². The highest BCUT2D eigenvalue weighted by atomic mass is 79.9. The van der Waals surface area contributed by atoms with Crippen molar-refractivity contribution in [2.75, 3.05) is 64.9 Å². The third kappa shape index (κ3) is 7.11. The van der Waals surface area contributed by atoms with Crippen molar-refractivity contribution in [3.05, 3.63) is 52.1 Å². The number of halogens is 1. The standard InChI is InChI=1S/C32H44N6O5.BrH/c1-8-35-31(41)37-12-10-36(11-13-37)25-15-20(14-24(28(25)42-7)32(3,4)5)26(39)19-38-18-21-16-27(43-9-2)23(30(40)34-6)17-22(21)29(38)33;/h14-17,33H,8-13,18-19H2,1-7H3,(H,34,40)(H,35,41);1H. The maximum absolute atomic E-state index is 13.9. The number of nitrogens with one attached hydrogen (secondary N) is 3. The molecule has 0 aromatic heterocycles. The summed E-state index contributed by atoms with van der Waals surface area (Å²) in [6, 6.07) is 7.18. The predicted molar refractivity (Wildman–Crippen MR) is 177 cm³/mol. The van der Waals surface area contributed by atoms with E-state index in [1.54, 1.807) is 36.1 Å². The van der Waals surface area contributed by atoms with Crippen LogP contribution in [0.3, 0.4) is 0 Å². The first-order chi connectivity index (χ1) is 20.4. The Kier molecular flexibility index (Phi) is 11.3. The monoisotopic (exact) mass is 672 g/mol. The first-order valence-electron chi connectivity index (χ1n) is 14.8. The zero-order chi connectivity index (χ0) is 31.5. The van der Waals surface area contributed by atoms with Crippen LogP contribution in [-0.2, 0) is 12.0 Å². The molecular weight excluding hydrogens is 628 g/mol. The van der Waals surface area contributed by atoms with Crippen LogP contribution in [0.5, 0.6) is 11.5 Å². The molecular formula is C32H45BrN6O5. The second-order valence-corrected chi connectivity index (χ2v) is 11.8. The van der Waals surface area contributed by atoms with Gasteiger partial charge in [-0.15, -0.1) is 17.0 Å². The zero-order valence-corrected chi connectivity index (χ0v) is 28.5. The Balaban J connectivity index is 0.00000529. The summed E-state index contributed by atoms with van der Waals surface area (Å²) in [4.78, 5) is 44.4. The molecule has 1 saturated heterocycles. The number of ketones is 1. The van der Waals surface area contributed by atoms with E-state index in [9.17, 15) is 14.4 Å². The molecule has 2 aromatic rings. The van der Waals surface area contributed by atoms with Gasteiger partial charge in [-0.2, -0.15) is 0 Å². The van der Waals surface area contributed by atoms with Gasteiger partial charge in [0.2, 0.25) is 0 Å². The minimum Gasteiger partial charge on any atom is -0.494 e. The van der Waals surface area contributed by atoms with Crippen LogP contribution < -0.4 is 25.0 Å². The molecule has 3 amide bonds. The lowest BCUT2D eigenvalue weighted by Gasteiger charge is -2.37. The molecule has 4 rings (SSSR count). The van der Waals surface area contributed by atoms with E-state index in [1.807, 2.05) is 26.0 Å². The fraction of sp³-hybridized carbons (Fsp3) is 0.500. The fourth-order valence-electron chi connectivity index (χ4n) is 5.61. The van der Waals surface area contributed by atoms with Gasteiger partial charge in [0.1, 0.15) is 17.3 Å². The second kappa shape index (κ2) is 14.3. The van der Waals surface area contributed by atoms with E-state index in [4.69, 9.17) is 14.9 Å². The number of hydrogen-bond acceptors (Lipinski definition) is 7. The number of amidine groups is 1. The molecule has 0 atom stereocenters. The predicted octanol–water partition coefficient (Wildman–Crippen LogP) is 4.20. The molecule has 11 nitrogen and oxygen atoms in total. The minimum absolute atomic E-state index is 0. The van der Waals surface area contributed by atoms with Crippen molar-refractivity contribution in [3.8, 4) is 11.5 Å². The van der Waals surface area contributed by atoms with Gasteiger partial charge in [-0.25, -0.2) is 4.79 Å². The van der Waals surface area contributed by atoms with Gasteiger partial charge in [-0.05, 0) is 49.1 Å². The number of rotatable bonds is 9. The number of piperazine rings is 1. The van der Waals surface area contributed by atoms with Gasteiger partial charge in [0, 0.05) is 63.0 Å². The van der Waals surface area contributed by atoms with E-state index in [0.717, 1.165) is 22.6 Å². The molecule has 2 aliphatic heterocycles. The number of methoxy groups -OCH3 is 1. The summed E-state index contributed by atoms with van der Waals surface area (Å²) in [5, 5.41) is 14.3. The molecule has 0 radical (unpaired) electrons. The van der Waals surface area contributed by atoms with Crippen molar-refractivity contribution in [1.29, 1.82) is 5.41 Å². The van der Waals surface area contributed by atoms with Crippen molar-refractivity contribution in [1.82, 2.24) is 20.4 Å². The SMILES string of the molecule is Br.CCNC(=O)N1CCN(c2cc(C(=O)CN3Cc4cc(OCC)c(C(=O)NC)cc4C3=N)cc(C(C)(C)C)c2OC)CC1. The lowest BCUT2D eigenvalue weighted by atomic mass is 9.84. The highest BCUT2D eigenvalue weighted by molar-refractivity contribution is 8.93. The van der Waals surface area contributed by atoms with Gasteiger partial charge in [-0.1, -0.05) is 20.8 Å². The van der Waals surface area contributed by atoms with E-state index in [2.05, 4.69) is 36.3 Å². The summed E-state index contributed by atoms with van der Waals surface area (Å²) in [6.07, 6.45) is 0. The summed E-state index contributed by atoms with van der Waals surface area (Å²) in [5.41, 5.74) is 3.79. The summed E-state index contributed by atoms with van der Waals surface area (Å²) in [5.74, 6) is 0.971. The first-order valence-corrected chi connectivity index (χ1v) is 14.8. The lowest BCUT2D eigenvalue weighted by Crippen LogP contribution is -2.52. The average Bonchev–Trinajstić information content (AvgIpc) is 3.28. The second-order valence-electron chi connectivity index (χ2n) is 11.8. The van der Waals surface area contributed by atoms with E-state index in [0.29, 0.717) is 68.3 Å². The number of anilines is 1. The maximum atomic E-state index is 13.9. The number of nitrogens with zero attached hydrogens (tertiary/aromatic N) is 3. The number of hydrogen-bond donors (Lipinski definition) is 3. The largest absolute Gasteiger partial charge is 0.494 e. The molecule has 240 valence electrons. The topological polar surface area (TPSA) is 127 Å².